The topological polar surface area (TPSA) is 94.8 Å². The lowest BCUT2D eigenvalue weighted by Gasteiger charge is -1.85. The summed E-state index contributed by atoms with van der Waals surface area (Å²) in [5.74, 6) is -2.15. The van der Waals surface area contributed by atoms with Gasteiger partial charge < -0.3 is 15.3 Å². The molecule has 15 heavy (non-hydrogen) atoms. The van der Waals surface area contributed by atoms with Crippen LogP contribution in [0.3, 0.4) is 0 Å². The molecule has 5 nitrogen and oxygen atoms in total. The number of hydrogen-bond acceptors (Lipinski definition) is 3. The molecule has 0 amide bonds. The minimum absolute atomic E-state index is 0.129. The summed E-state index contributed by atoms with van der Waals surface area (Å²) in [6.07, 6.45) is 6.67. The third kappa shape index (κ3) is 24.5. The van der Waals surface area contributed by atoms with E-state index in [2.05, 4.69) is 0 Å². The SMILES string of the molecule is C/C=C/C=C/CO.O=C(O)CCC(=O)O. The van der Waals surface area contributed by atoms with Gasteiger partial charge in [-0.05, 0) is 6.92 Å². The molecule has 0 saturated carbocycles. The fourth-order valence-electron chi connectivity index (χ4n) is 0.464. The molecule has 0 aromatic heterocycles. The van der Waals surface area contributed by atoms with Crippen molar-refractivity contribution in [2.24, 2.45) is 0 Å². The van der Waals surface area contributed by atoms with Crippen LogP contribution in [0, 0.1) is 0 Å². The Morgan fingerprint density at radius 2 is 1.53 bits per heavy atom. The van der Waals surface area contributed by atoms with E-state index in [0.29, 0.717) is 0 Å². The van der Waals surface area contributed by atoms with Gasteiger partial charge in [0.1, 0.15) is 0 Å². The lowest BCUT2D eigenvalue weighted by atomic mass is 10.3. The molecular weight excluding hydrogens is 200 g/mol. The molecule has 0 aliphatic rings. The molecule has 3 N–H and O–H groups in total. The average Bonchev–Trinajstić information content (AvgIpc) is 2.17. The second-order valence-corrected chi connectivity index (χ2v) is 2.42. The molecule has 0 aromatic carbocycles. The highest BCUT2D eigenvalue weighted by Gasteiger charge is 2.00. The predicted molar refractivity (Wildman–Crippen MR) is 55.5 cm³/mol. The highest BCUT2D eigenvalue weighted by molar-refractivity contribution is 5.75. The zero-order chi connectivity index (χ0) is 12.1. The number of allylic oxidation sites excluding steroid dienone is 3. The van der Waals surface area contributed by atoms with Crippen LogP contribution in [-0.2, 0) is 9.59 Å². The van der Waals surface area contributed by atoms with Crippen LogP contribution in [0.4, 0.5) is 0 Å². The van der Waals surface area contributed by atoms with Gasteiger partial charge in [0.25, 0.3) is 0 Å². The summed E-state index contributed by atoms with van der Waals surface area (Å²) in [6, 6.07) is 0. The molecule has 0 radical (unpaired) electrons. The summed E-state index contributed by atoms with van der Waals surface area (Å²) in [4.78, 5) is 19.3. The molecule has 0 aliphatic carbocycles. The number of aliphatic hydroxyl groups excluding tert-OH is 1. The highest BCUT2D eigenvalue weighted by atomic mass is 16.4. The Morgan fingerprint density at radius 3 is 1.80 bits per heavy atom. The van der Waals surface area contributed by atoms with Gasteiger partial charge in [-0.2, -0.15) is 0 Å². The summed E-state index contributed by atoms with van der Waals surface area (Å²) in [6.45, 7) is 2.06. The summed E-state index contributed by atoms with van der Waals surface area (Å²) in [5.41, 5.74) is 0. The first-order valence-electron chi connectivity index (χ1n) is 4.36. The van der Waals surface area contributed by atoms with Crippen LogP contribution in [0.1, 0.15) is 19.8 Å². The number of aliphatic carboxylic acids is 2. The third-order valence-corrected chi connectivity index (χ3v) is 1.10. The molecule has 0 unspecified atom stereocenters. The summed E-state index contributed by atoms with van der Waals surface area (Å²) in [5, 5.41) is 24.0. The van der Waals surface area contributed by atoms with Crippen molar-refractivity contribution in [3.63, 3.8) is 0 Å². The fourth-order valence-corrected chi connectivity index (χ4v) is 0.464. The lowest BCUT2D eigenvalue weighted by Crippen LogP contribution is -2.00. The van der Waals surface area contributed by atoms with E-state index in [4.69, 9.17) is 15.3 Å². The summed E-state index contributed by atoms with van der Waals surface area (Å²) >= 11 is 0. The average molecular weight is 216 g/mol. The van der Waals surface area contributed by atoms with E-state index in [1.54, 1.807) is 12.2 Å². The van der Waals surface area contributed by atoms with E-state index in [1.807, 2.05) is 19.1 Å². The standard InChI is InChI=1S/C6H10O.C4H6O4/c1-2-3-4-5-6-7;5-3(6)1-2-4(7)8/h2-5,7H,6H2,1H3;1-2H2,(H,5,6)(H,7,8)/b3-2+,5-4+;. The quantitative estimate of drug-likeness (QED) is 0.597. The van der Waals surface area contributed by atoms with Crippen LogP contribution in [-0.4, -0.2) is 33.9 Å². The van der Waals surface area contributed by atoms with E-state index in [-0.39, 0.29) is 19.4 Å². The Kier molecular flexibility index (Phi) is 13.1. The van der Waals surface area contributed by atoms with Gasteiger partial charge in [-0.15, -0.1) is 0 Å². The summed E-state index contributed by atoms with van der Waals surface area (Å²) in [7, 11) is 0. The molecule has 0 aromatic rings. The molecule has 0 atom stereocenters. The van der Waals surface area contributed by atoms with E-state index in [1.165, 1.54) is 0 Å². The number of carbonyl (C=O) groups is 2. The Labute approximate surface area is 88.4 Å². The maximum Gasteiger partial charge on any atom is 0.303 e. The molecule has 86 valence electrons. The van der Waals surface area contributed by atoms with Crippen molar-refractivity contribution in [2.75, 3.05) is 6.61 Å². The highest BCUT2D eigenvalue weighted by Crippen LogP contribution is 1.86. The number of carboxylic acid groups (broad SMARTS) is 2. The maximum absolute atomic E-state index is 9.64. The monoisotopic (exact) mass is 216 g/mol. The Bertz CT molecular complexity index is 216. The molecule has 0 aliphatic heterocycles. The predicted octanol–water partition coefficient (Wildman–Crippen LogP) is 1.05. The van der Waals surface area contributed by atoms with E-state index >= 15 is 0 Å². The van der Waals surface area contributed by atoms with Gasteiger partial charge in [0, 0.05) is 0 Å². The van der Waals surface area contributed by atoms with Gasteiger partial charge in [-0.25, -0.2) is 0 Å². The van der Waals surface area contributed by atoms with Gasteiger partial charge in [0.2, 0.25) is 0 Å². The van der Waals surface area contributed by atoms with Gasteiger partial charge in [0.05, 0.1) is 19.4 Å². The van der Waals surface area contributed by atoms with Gasteiger partial charge >= 0.3 is 11.9 Å². The molecule has 5 heteroatoms. The second kappa shape index (κ2) is 12.4. The number of aliphatic hydroxyl groups is 1. The first-order valence-corrected chi connectivity index (χ1v) is 4.36. The molecule has 0 rings (SSSR count). The maximum atomic E-state index is 9.64. The molecule has 0 spiro atoms. The number of rotatable bonds is 5. The van der Waals surface area contributed by atoms with E-state index in [0.717, 1.165) is 0 Å². The normalized spacial score (nSPS) is 10.0. The number of hydrogen-bond donors (Lipinski definition) is 3. The summed E-state index contributed by atoms with van der Waals surface area (Å²) < 4.78 is 0. The minimum atomic E-state index is -1.08. The minimum Gasteiger partial charge on any atom is -0.481 e. The van der Waals surface area contributed by atoms with Crippen molar-refractivity contribution in [2.45, 2.75) is 19.8 Å². The van der Waals surface area contributed by atoms with Crippen molar-refractivity contribution >= 4 is 11.9 Å². The Hall–Kier alpha value is -1.62. The zero-order valence-electron chi connectivity index (χ0n) is 8.59. The smallest absolute Gasteiger partial charge is 0.303 e. The lowest BCUT2D eigenvalue weighted by molar-refractivity contribution is -0.143. The van der Waals surface area contributed by atoms with Gasteiger partial charge in [-0.1, -0.05) is 24.3 Å². The second-order valence-electron chi connectivity index (χ2n) is 2.42. The molecule has 0 fully saturated rings. The van der Waals surface area contributed by atoms with E-state index < -0.39 is 11.9 Å². The Balaban J connectivity index is 0. The van der Waals surface area contributed by atoms with Crippen molar-refractivity contribution in [3.05, 3.63) is 24.3 Å². The van der Waals surface area contributed by atoms with Crippen molar-refractivity contribution in [1.82, 2.24) is 0 Å². The van der Waals surface area contributed by atoms with Crippen molar-refractivity contribution in [3.8, 4) is 0 Å². The van der Waals surface area contributed by atoms with Crippen LogP contribution in [0.5, 0.6) is 0 Å². The molecule has 0 heterocycles. The Morgan fingerprint density at radius 1 is 1.07 bits per heavy atom. The van der Waals surface area contributed by atoms with E-state index in [9.17, 15) is 9.59 Å². The fraction of sp³-hybridized carbons (Fsp3) is 0.400. The first kappa shape index (κ1) is 15.8. The van der Waals surface area contributed by atoms with Gasteiger partial charge in [-0.3, -0.25) is 9.59 Å². The molecular formula is C10H16O5. The molecule has 0 bridgehead atoms. The third-order valence-electron chi connectivity index (χ3n) is 1.10. The molecule has 0 saturated heterocycles. The van der Waals surface area contributed by atoms with Crippen molar-refractivity contribution < 1.29 is 24.9 Å². The van der Waals surface area contributed by atoms with Crippen LogP contribution in [0.2, 0.25) is 0 Å². The first-order chi connectivity index (χ1) is 7.04. The van der Waals surface area contributed by atoms with Crippen LogP contribution >= 0.6 is 0 Å². The van der Waals surface area contributed by atoms with Crippen LogP contribution in [0.25, 0.3) is 0 Å². The number of carboxylic acids is 2. The van der Waals surface area contributed by atoms with Crippen LogP contribution in [0.15, 0.2) is 24.3 Å². The zero-order valence-corrected chi connectivity index (χ0v) is 8.59. The van der Waals surface area contributed by atoms with Crippen molar-refractivity contribution in [1.29, 1.82) is 0 Å². The van der Waals surface area contributed by atoms with Crippen LogP contribution < -0.4 is 0 Å². The largest absolute Gasteiger partial charge is 0.481 e. The van der Waals surface area contributed by atoms with Gasteiger partial charge in [0.15, 0.2) is 0 Å².